The van der Waals surface area contributed by atoms with Crippen molar-refractivity contribution in [2.24, 2.45) is 5.92 Å². The van der Waals surface area contributed by atoms with Crippen LogP contribution in [0, 0.1) is 5.92 Å². The predicted molar refractivity (Wildman–Crippen MR) is 140 cm³/mol. The van der Waals surface area contributed by atoms with Crippen molar-refractivity contribution >= 4 is 17.5 Å². The summed E-state index contributed by atoms with van der Waals surface area (Å²) in [5.41, 5.74) is 0. The second-order valence-electron chi connectivity index (χ2n) is 10.1. The van der Waals surface area contributed by atoms with Gasteiger partial charge in [0.15, 0.2) is 0 Å². The van der Waals surface area contributed by atoms with Gasteiger partial charge < -0.3 is 19.6 Å². The third kappa shape index (κ3) is 6.49. The van der Waals surface area contributed by atoms with E-state index < -0.39 is 0 Å². The molecule has 5 heterocycles. The Kier molecular flexibility index (Phi) is 8.10. The molecule has 8 heteroatoms. The maximum absolute atomic E-state index is 12.9. The smallest absolute Gasteiger partial charge is 0.223 e. The van der Waals surface area contributed by atoms with Gasteiger partial charge in [0, 0.05) is 90.8 Å². The highest BCUT2D eigenvalue weighted by Crippen LogP contribution is 2.20. The number of piperazine rings is 2. The van der Waals surface area contributed by atoms with Gasteiger partial charge in [-0.2, -0.15) is 0 Å². The van der Waals surface area contributed by atoms with Crippen LogP contribution in [0.5, 0.6) is 0 Å². The van der Waals surface area contributed by atoms with Gasteiger partial charge in [0.05, 0.1) is 0 Å². The SMILES string of the molecule is O=C(CCN1CCCC(CN2CCN(c3ccccn3)CC2)C1)N1CCN(c2ccccn2)CC1. The second kappa shape index (κ2) is 11.8. The van der Waals surface area contributed by atoms with Crippen LogP contribution in [-0.2, 0) is 4.79 Å². The molecule has 3 aliphatic heterocycles. The molecule has 35 heavy (non-hydrogen) atoms. The predicted octanol–water partition coefficient (Wildman–Crippen LogP) is 2.05. The Bertz CT molecular complexity index is 912. The zero-order chi connectivity index (χ0) is 23.9. The van der Waals surface area contributed by atoms with E-state index in [0.717, 1.165) is 83.6 Å². The lowest BCUT2D eigenvalue weighted by molar-refractivity contribution is -0.132. The number of anilines is 2. The summed E-state index contributed by atoms with van der Waals surface area (Å²) in [5.74, 6) is 3.12. The quantitative estimate of drug-likeness (QED) is 0.605. The summed E-state index contributed by atoms with van der Waals surface area (Å²) in [4.78, 5) is 33.7. The van der Waals surface area contributed by atoms with Crippen molar-refractivity contribution in [1.29, 1.82) is 0 Å². The van der Waals surface area contributed by atoms with Crippen LogP contribution in [0.1, 0.15) is 19.3 Å². The summed E-state index contributed by atoms with van der Waals surface area (Å²) >= 11 is 0. The van der Waals surface area contributed by atoms with Crippen LogP contribution in [0.3, 0.4) is 0 Å². The average Bonchev–Trinajstić information content (AvgIpc) is 2.93. The van der Waals surface area contributed by atoms with Crippen molar-refractivity contribution in [2.45, 2.75) is 19.3 Å². The second-order valence-corrected chi connectivity index (χ2v) is 10.1. The number of rotatable bonds is 7. The Morgan fingerprint density at radius 2 is 1.40 bits per heavy atom. The molecule has 3 aliphatic rings. The van der Waals surface area contributed by atoms with Crippen LogP contribution in [0.2, 0.25) is 0 Å². The molecule has 0 saturated carbocycles. The Labute approximate surface area is 209 Å². The number of amides is 1. The Balaban J connectivity index is 1.01. The van der Waals surface area contributed by atoms with E-state index in [2.05, 4.69) is 41.7 Å². The average molecular weight is 478 g/mol. The molecule has 0 radical (unpaired) electrons. The van der Waals surface area contributed by atoms with Crippen molar-refractivity contribution in [1.82, 2.24) is 24.7 Å². The van der Waals surface area contributed by atoms with E-state index in [4.69, 9.17) is 0 Å². The Morgan fingerprint density at radius 1 is 0.771 bits per heavy atom. The fraction of sp³-hybridized carbons (Fsp3) is 0.593. The molecule has 1 atom stereocenters. The topological polar surface area (TPSA) is 59.1 Å². The third-order valence-corrected chi connectivity index (χ3v) is 7.71. The minimum Gasteiger partial charge on any atom is -0.354 e. The largest absolute Gasteiger partial charge is 0.354 e. The number of aromatic nitrogens is 2. The van der Waals surface area contributed by atoms with Gasteiger partial charge >= 0.3 is 0 Å². The molecule has 0 spiro atoms. The van der Waals surface area contributed by atoms with Crippen LogP contribution in [-0.4, -0.2) is 109 Å². The maximum atomic E-state index is 12.9. The minimum absolute atomic E-state index is 0.304. The number of piperidine rings is 1. The van der Waals surface area contributed by atoms with Gasteiger partial charge in [0.25, 0.3) is 0 Å². The molecule has 2 aromatic heterocycles. The van der Waals surface area contributed by atoms with Crippen molar-refractivity contribution in [3.63, 3.8) is 0 Å². The number of nitrogens with zero attached hydrogens (tertiary/aromatic N) is 7. The highest BCUT2D eigenvalue weighted by atomic mass is 16.2. The highest BCUT2D eigenvalue weighted by Gasteiger charge is 2.26. The molecule has 0 N–H and O–H groups in total. The standard InChI is InChI=1S/C27H39N7O/c35-27(34-20-18-33(19-21-34)26-8-2-4-11-29-26)9-13-30-12-5-6-24(22-30)23-31-14-16-32(17-15-31)25-7-1-3-10-28-25/h1-4,7-8,10-11,24H,5-6,9,12-23H2. The van der Waals surface area contributed by atoms with Gasteiger partial charge in [0.1, 0.15) is 11.6 Å². The summed E-state index contributed by atoms with van der Waals surface area (Å²) < 4.78 is 0. The van der Waals surface area contributed by atoms with Crippen molar-refractivity contribution < 1.29 is 4.79 Å². The molecule has 0 bridgehead atoms. The molecule has 0 aromatic carbocycles. The summed E-state index contributed by atoms with van der Waals surface area (Å²) in [7, 11) is 0. The first-order valence-corrected chi connectivity index (χ1v) is 13.3. The van der Waals surface area contributed by atoms with Crippen molar-refractivity contribution in [3.8, 4) is 0 Å². The van der Waals surface area contributed by atoms with E-state index in [1.54, 1.807) is 0 Å². The lowest BCUT2D eigenvalue weighted by Gasteiger charge is -2.40. The molecular formula is C27H39N7O. The molecule has 1 amide bonds. The first-order chi connectivity index (χ1) is 17.2. The zero-order valence-electron chi connectivity index (χ0n) is 20.8. The summed E-state index contributed by atoms with van der Waals surface area (Å²) in [5, 5.41) is 0. The number of carbonyl (C=O) groups is 1. The number of hydrogen-bond donors (Lipinski definition) is 0. The van der Waals surface area contributed by atoms with Gasteiger partial charge in [-0.1, -0.05) is 12.1 Å². The molecule has 1 unspecified atom stereocenters. The van der Waals surface area contributed by atoms with Gasteiger partial charge in [-0.3, -0.25) is 9.69 Å². The fourth-order valence-electron chi connectivity index (χ4n) is 5.71. The maximum Gasteiger partial charge on any atom is 0.223 e. The number of hydrogen-bond acceptors (Lipinski definition) is 7. The summed E-state index contributed by atoms with van der Waals surface area (Å²) in [6.07, 6.45) is 6.90. The molecule has 3 saturated heterocycles. The van der Waals surface area contributed by atoms with E-state index in [0.29, 0.717) is 18.2 Å². The molecule has 5 rings (SSSR count). The highest BCUT2D eigenvalue weighted by molar-refractivity contribution is 5.76. The molecule has 3 fully saturated rings. The van der Waals surface area contributed by atoms with Crippen LogP contribution < -0.4 is 9.80 Å². The Morgan fingerprint density at radius 3 is 2.00 bits per heavy atom. The van der Waals surface area contributed by atoms with Crippen LogP contribution in [0.25, 0.3) is 0 Å². The monoisotopic (exact) mass is 477 g/mol. The van der Waals surface area contributed by atoms with E-state index in [1.165, 1.54) is 19.4 Å². The normalized spacial score (nSPS) is 22.4. The van der Waals surface area contributed by atoms with Gasteiger partial charge in [0.2, 0.25) is 5.91 Å². The van der Waals surface area contributed by atoms with E-state index in [9.17, 15) is 4.79 Å². The summed E-state index contributed by atoms with van der Waals surface area (Å²) in [6, 6.07) is 12.2. The molecule has 188 valence electrons. The third-order valence-electron chi connectivity index (χ3n) is 7.71. The van der Waals surface area contributed by atoms with E-state index >= 15 is 0 Å². The number of likely N-dealkylation sites (tertiary alicyclic amines) is 1. The number of pyridine rings is 2. The fourth-order valence-corrected chi connectivity index (χ4v) is 5.71. The molecule has 8 nitrogen and oxygen atoms in total. The van der Waals surface area contributed by atoms with E-state index in [1.807, 2.05) is 41.6 Å². The summed E-state index contributed by atoms with van der Waals surface area (Å²) in [6.45, 7) is 12.0. The van der Waals surface area contributed by atoms with Crippen molar-refractivity contribution in [3.05, 3.63) is 48.8 Å². The van der Waals surface area contributed by atoms with Crippen LogP contribution in [0.15, 0.2) is 48.8 Å². The van der Waals surface area contributed by atoms with E-state index in [-0.39, 0.29) is 0 Å². The zero-order valence-corrected chi connectivity index (χ0v) is 20.8. The van der Waals surface area contributed by atoms with Crippen LogP contribution >= 0.6 is 0 Å². The molecule has 2 aromatic rings. The Hall–Kier alpha value is -2.71. The molecular weight excluding hydrogens is 438 g/mol. The van der Waals surface area contributed by atoms with Crippen molar-refractivity contribution in [2.75, 3.05) is 88.3 Å². The minimum atomic E-state index is 0.304. The number of carbonyl (C=O) groups excluding carboxylic acids is 1. The lowest BCUT2D eigenvalue weighted by Crippen LogP contribution is -2.50. The lowest BCUT2D eigenvalue weighted by atomic mass is 9.97. The van der Waals surface area contributed by atoms with Gasteiger partial charge in [-0.15, -0.1) is 0 Å². The first-order valence-electron chi connectivity index (χ1n) is 13.3. The van der Waals surface area contributed by atoms with Gasteiger partial charge in [-0.05, 0) is 49.6 Å². The van der Waals surface area contributed by atoms with Crippen LogP contribution in [0.4, 0.5) is 11.6 Å². The first kappa shape index (κ1) is 24.0. The van der Waals surface area contributed by atoms with Gasteiger partial charge in [-0.25, -0.2) is 9.97 Å². The molecule has 0 aliphatic carbocycles.